The Morgan fingerprint density at radius 2 is 0.838 bits per heavy atom. The van der Waals surface area contributed by atoms with Crippen molar-refractivity contribution in [1.82, 2.24) is 0 Å². The molecule has 0 radical (unpaired) electrons. The molecule has 0 aliphatic rings. The second-order valence-electron chi connectivity index (χ2n) is 7.76. The highest BCUT2D eigenvalue weighted by Crippen LogP contribution is 2.22. The Hall–Kier alpha value is -2.48. The Morgan fingerprint density at radius 3 is 1.22 bits per heavy atom. The lowest BCUT2D eigenvalue weighted by Crippen LogP contribution is -2.15. The maximum Gasteiger partial charge on any atom is 0.119 e. The van der Waals surface area contributed by atoms with E-state index in [1.807, 2.05) is 48.5 Å². The zero-order valence-electron chi connectivity index (χ0n) is 21.9. The lowest BCUT2D eigenvalue weighted by Gasteiger charge is -2.09. The minimum atomic E-state index is 0.479. The molecule has 0 aliphatic carbocycles. The van der Waals surface area contributed by atoms with E-state index in [1.165, 1.54) is 0 Å². The molecule has 0 N–H and O–H groups in total. The van der Waals surface area contributed by atoms with Gasteiger partial charge in [0, 0.05) is 12.7 Å². The number of benzene rings is 2. The van der Waals surface area contributed by atoms with E-state index in [4.69, 9.17) is 44.3 Å². The normalized spacial score (nSPS) is 10.9. The summed E-state index contributed by atoms with van der Waals surface area (Å²) >= 11 is 0. The van der Waals surface area contributed by atoms with Crippen molar-refractivity contribution in [2.24, 2.45) is 0 Å². The van der Waals surface area contributed by atoms with Crippen LogP contribution >= 0.6 is 0 Å². The highest BCUT2D eigenvalue weighted by atomic mass is 16.6. The van der Waals surface area contributed by atoms with Gasteiger partial charge in [-0.2, -0.15) is 0 Å². The molecular weight excluding hydrogens is 476 g/mol. The first-order valence-electron chi connectivity index (χ1n) is 12.6. The summed E-state index contributed by atoms with van der Waals surface area (Å²) < 4.78 is 43.2. The summed E-state index contributed by atoms with van der Waals surface area (Å²) in [6, 6.07) is 15.9. The highest BCUT2D eigenvalue weighted by Gasteiger charge is 2.00. The summed E-state index contributed by atoms with van der Waals surface area (Å²) in [6.45, 7) is 7.46. The van der Waals surface area contributed by atoms with Crippen LogP contribution in [0.4, 0.5) is 0 Å². The summed E-state index contributed by atoms with van der Waals surface area (Å²) in [5.74, 6) is 3.43. The second kappa shape index (κ2) is 21.6. The fourth-order valence-corrected chi connectivity index (χ4v) is 3.06. The van der Waals surface area contributed by atoms with Gasteiger partial charge in [0.15, 0.2) is 0 Å². The highest BCUT2D eigenvalue weighted by molar-refractivity contribution is 5.65. The molecule has 2 aromatic rings. The molecule has 2 rings (SSSR count). The van der Waals surface area contributed by atoms with Gasteiger partial charge in [0.25, 0.3) is 0 Å². The van der Waals surface area contributed by atoms with Crippen molar-refractivity contribution in [2.75, 3.05) is 99.6 Å². The van der Waals surface area contributed by atoms with Crippen molar-refractivity contribution in [3.63, 3.8) is 0 Å². The fourth-order valence-electron chi connectivity index (χ4n) is 3.06. The number of terminal acetylenes is 1. The van der Waals surface area contributed by atoms with E-state index in [-0.39, 0.29) is 0 Å². The van der Waals surface area contributed by atoms with Crippen molar-refractivity contribution in [2.45, 2.75) is 0 Å². The third-order valence-corrected chi connectivity index (χ3v) is 5.03. The Labute approximate surface area is 221 Å². The largest absolute Gasteiger partial charge is 0.491 e. The van der Waals surface area contributed by atoms with E-state index in [2.05, 4.69) is 5.92 Å². The van der Waals surface area contributed by atoms with Gasteiger partial charge in [-0.3, -0.25) is 0 Å². The average Bonchev–Trinajstić information content (AvgIpc) is 2.94. The first kappa shape index (κ1) is 30.7. The first-order valence-corrected chi connectivity index (χ1v) is 12.6. The van der Waals surface area contributed by atoms with Gasteiger partial charge in [-0.1, -0.05) is 30.2 Å². The molecule has 0 spiro atoms. The van der Waals surface area contributed by atoms with Gasteiger partial charge in [-0.25, -0.2) is 0 Å². The molecule has 0 unspecified atom stereocenters. The maximum atomic E-state index is 5.73. The monoisotopic (exact) mass is 516 g/mol. The first-order chi connectivity index (χ1) is 18.3. The van der Waals surface area contributed by atoms with Crippen molar-refractivity contribution >= 4 is 0 Å². The Balaban J connectivity index is 1.32. The van der Waals surface area contributed by atoms with Gasteiger partial charge in [-0.15, -0.1) is 6.42 Å². The number of hydrogen-bond donors (Lipinski definition) is 0. The minimum Gasteiger partial charge on any atom is -0.491 e. The summed E-state index contributed by atoms with van der Waals surface area (Å²) in [6.07, 6.45) is 5.41. The van der Waals surface area contributed by atoms with Crippen LogP contribution in [0.1, 0.15) is 5.56 Å². The fraction of sp³-hybridized carbons (Fsp3) is 0.517. The van der Waals surface area contributed by atoms with E-state index >= 15 is 0 Å². The molecular formula is C29H40O8. The molecule has 0 saturated carbocycles. The van der Waals surface area contributed by atoms with Crippen LogP contribution in [0, 0.1) is 12.3 Å². The number of methoxy groups -OCH3 is 1. The molecule has 204 valence electrons. The molecule has 8 nitrogen and oxygen atoms in total. The molecule has 0 atom stereocenters. The van der Waals surface area contributed by atoms with E-state index in [9.17, 15) is 0 Å². The van der Waals surface area contributed by atoms with Crippen LogP contribution < -0.4 is 4.74 Å². The van der Waals surface area contributed by atoms with E-state index < -0.39 is 0 Å². The third kappa shape index (κ3) is 15.4. The maximum absolute atomic E-state index is 5.73. The topological polar surface area (TPSA) is 73.8 Å². The lowest BCUT2D eigenvalue weighted by molar-refractivity contribution is -0.0199. The van der Waals surface area contributed by atoms with Gasteiger partial charge in [0.2, 0.25) is 0 Å². The summed E-state index contributed by atoms with van der Waals surface area (Å²) in [5, 5.41) is 0. The van der Waals surface area contributed by atoms with E-state index in [0.29, 0.717) is 92.5 Å². The predicted octanol–water partition coefficient (Wildman–Crippen LogP) is 3.46. The van der Waals surface area contributed by atoms with Crippen molar-refractivity contribution in [3.05, 3.63) is 54.1 Å². The van der Waals surface area contributed by atoms with E-state index in [1.54, 1.807) is 7.11 Å². The summed E-state index contributed by atoms with van der Waals surface area (Å²) in [4.78, 5) is 0. The van der Waals surface area contributed by atoms with Gasteiger partial charge < -0.3 is 37.9 Å². The van der Waals surface area contributed by atoms with Gasteiger partial charge in [0.05, 0.1) is 85.9 Å². The Morgan fingerprint density at radius 1 is 0.486 bits per heavy atom. The summed E-state index contributed by atoms with van der Waals surface area (Å²) in [7, 11) is 1.65. The molecule has 0 heterocycles. The molecule has 37 heavy (non-hydrogen) atoms. The van der Waals surface area contributed by atoms with Crippen molar-refractivity contribution in [3.8, 4) is 29.2 Å². The van der Waals surface area contributed by atoms with E-state index in [0.717, 1.165) is 22.4 Å². The van der Waals surface area contributed by atoms with Crippen LogP contribution in [0.15, 0.2) is 48.5 Å². The Bertz CT molecular complexity index is 832. The van der Waals surface area contributed by atoms with Gasteiger partial charge in [-0.05, 0) is 35.4 Å². The second-order valence-corrected chi connectivity index (χ2v) is 7.76. The smallest absolute Gasteiger partial charge is 0.119 e. The molecule has 2 aromatic carbocycles. The van der Waals surface area contributed by atoms with Crippen LogP contribution in [-0.4, -0.2) is 99.6 Å². The molecule has 0 amide bonds. The standard InChI is InChI=1S/C29H40O8/c1-3-26-4-6-27(7-5-26)28-8-10-29(11-9-28)37-25-24-36-23-22-35-21-20-34-19-18-33-17-16-32-15-14-31-13-12-30-2/h1,4-11H,12-25H2,2H3. The van der Waals surface area contributed by atoms with Crippen LogP contribution in [-0.2, 0) is 33.2 Å². The van der Waals surface area contributed by atoms with Gasteiger partial charge >= 0.3 is 0 Å². The quantitative estimate of drug-likeness (QED) is 0.164. The molecule has 0 bridgehead atoms. The average molecular weight is 517 g/mol. The van der Waals surface area contributed by atoms with Crippen molar-refractivity contribution < 1.29 is 37.9 Å². The lowest BCUT2D eigenvalue weighted by atomic mass is 10.0. The Kier molecular flexibility index (Phi) is 17.9. The molecule has 8 heteroatoms. The minimum absolute atomic E-state index is 0.479. The number of ether oxygens (including phenoxy) is 8. The van der Waals surface area contributed by atoms with Crippen molar-refractivity contribution in [1.29, 1.82) is 0 Å². The molecule has 0 aliphatic heterocycles. The van der Waals surface area contributed by atoms with Gasteiger partial charge in [0.1, 0.15) is 12.4 Å². The molecule has 0 fully saturated rings. The number of hydrogen-bond acceptors (Lipinski definition) is 8. The number of rotatable bonds is 23. The van der Waals surface area contributed by atoms with Crippen LogP contribution in [0.25, 0.3) is 11.1 Å². The molecule has 0 aromatic heterocycles. The SMILES string of the molecule is C#Cc1ccc(-c2ccc(OCCOCCOCCOCCOCCOCCOCCOC)cc2)cc1. The van der Waals surface area contributed by atoms with Crippen LogP contribution in [0.5, 0.6) is 5.75 Å². The van der Waals surface area contributed by atoms with Crippen LogP contribution in [0.3, 0.4) is 0 Å². The van der Waals surface area contributed by atoms with Crippen LogP contribution in [0.2, 0.25) is 0 Å². The zero-order chi connectivity index (χ0) is 26.2. The molecule has 0 saturated heterocycles. The summed E-state index contributed by atoms with van der Waals surface area (Å²) in [5.41, 5.74) is 3.10. The predicted molar refractivity (Wildman–Crippen MR) is 142 cm³/mol. The third-order valence-electron chi connectivity index (χ3n) is 5.03. The zero-order valence-corrected chi connectivity index (χ0v) is 21.9.